The van der Waals surface area contributed by atoms with Gasteiger partial charge in [-0.1, -0.05) is 11.8 Å². The number of rotatable bonds is 3. The summed E-state index contributed by atoms with van der Waals surface area (Å²) in [6.45, 7) is 2.56. The average molecular weight is 286 g/mol. The number of nitrogens with zero attached hydrogens (tertiary/aromatic N) is 2. The Morgan fingerprint density at radius 1 is 1.45 bits per heavy atom. The molecule has 0 aliphatic heterocycles. The molecule has 0 aliphatic rings. The lowest BCUT2D eigenvalue weighted by Crippen LogP contribution is -2.23. The van der Waals surface area contributed by atoms with Crippen LogP contribution in [0, 0.1) is 18.8 Å². The van der Waals surface area contributed by atoms with Gasteiger partial charge in [0.1, 0.15) is 5.69 Å². The Morgan fingerprint density at radius 3 is 3.00 bits per heavy atom. The summed E-state index contributed by atoms with van der Waals surface area (Å²) in [5, 5.41) is 4.75. The highest BCUT2D eigenvalue weighted by Crippen LogP contribution is 2.15. The van der Waals surface area contributed by atoms with Gasteiger partial charge in [0.2, 0.25) is 0 Å². The topological polar surface area (TPSA) is 80.9 Å². The van der Waals surface area contributed by atoms with E-state index < -0.39 is 0 Å². The zero-order valence-electron chi connectivity index (χ0n) is 11.0. The molecule has 3 N–H and O–H groups in total. The second kappa shape index (κ2) is 6.80. The van der Waals surface area contributed by atoms with E-state index in [2.05, 4.69) is 27.1 Å². The van der Waals surface area contributed by atoms with Crippen molar-refractivity contribution in [3.63, 3.8) is 0 Å². The summed E-state index contributed by atoms with van der Waals surface area (Å²) in [4.78, 5) is 21.0. The van der Waals surface area contributed by atoms with E-state index in [1.165, 1.54) is 6.20 Å². The lowest BCUT2D eigenvalue weighted by atomic mass is 10.2. The van der Waals surface area contributed by atoms with Crippen LogP contribution in [0.15, 0.2) is 23.8 Å². The predicted molar refractivity (Wildman–Crippen MR) is 78.2 cm³/mol. The molecule has 20 heavy (non-hydrogen) atoms. The predicted octanol–water partition coefficient (Wildman–Crippen LogP) is 1.09. The van der Waals surface area contributed by atoms with Gasteiger partial charge in [0, 0.05) is 16.6 Å². The van der Waals surface area contributed by atoms with E-state index in [0.29, 0.717) is 18.8 Å². The fraction of sp³-hybridized carbons (Fsp3) is 0.214. The molecule has 2 heterocycles. The van der Waals surface area contributed by atoms with Crippen LogP contribution < -0.4 is 11.1 Å². The Balaban J connectivity index is 2.00. The Bertz CT molecular complexity index is 652. The van der Waals surface area contributed by atoms with Crippen molar-refractivity contribution < 1.29 is 4.79 Å². The van der Waals surface area contributed by atoms with Crippen LogP contribution in [0.25, 0.3) is 0 Å². The minimum atomic E-state index is -0.247. The Morgan fingerprint density at radius 2 is 2.30 bits per heavy atom. The van der Waals surface area contributed by atoms with Crippen molar-refractivity contribution in [1.29, 1.82) is 0 Å². The van der Waals surface area contributed by atoms with E-state index in [9.17, 15) is 4.79 Å². The molecule has 6 heteroatoms. The Hall–Kier alpha value is -2.23. The molecule has 0 radical (unpaired) electrons. The van der Waals surface area contributed by atoms with Crippen molar-refractivity contribution in [3.05, 3.63) is 45.7 Å². The maximum atomic E-state index is 11.9. The first-order chi connectivity index (χ1) is 9.70. The van der Waals surface area contributed by atoms with Gasteiger partial charge in [0.05, 0.1) is 25.0 Å². The van der Waals surface area contributed by atoms with Crippen LogP contribution in [0.1, 0.15) is 26.6 Å². The van der Waals surface area contributed by atoms with Crippen LogP contribution in [-0.2, 0) is 6.54 Å². The smallest absolute Gasteiger partial charge is 0.271 e. The zero-order valence-corrected chi connectivity index (χ0v) is 11.8. The van der Waals surface area contributed by atoms with E-state index in [1.807, 2.05) is 18.4 Å². The standard InChI is InChI=1S/C14H14N4OS/c1-10-7-17-12(8-16-10)14(19)18-9-13-11(3-2-5-15)4-6-20-13/h4,6-8H,5,9,15H2,1H3,(H,18,19). The number of nitrogens with two attached hydrogens (primary N) is 1. The monoisotopic (exact) mass is 286 g/mol. The van der Waals surface area contributed by atoms with Crippen LogP contribution in [0.2, 0.25) is 0 Å². The average Bonchev–Trinajstić information content (AvgIpc) is 2.90. The second-order valence-corrected chi connectivity index (χ2v) is 4.99. The van der Waals surface area contributed by atoms with Gasteiger partial charge < -0.3 is 11.1 Å². The second-order valence-electron chi connectivity index (χ2n) is 3.99. The van der Waals surface area contributed by atoms with Crippen molar-refractivity contribution in [1.82, 2.24) is 15.3 Å². The van der Waals surface area contributed by atoms with Gasteiger partial charge in [-0.3, -0.25) is 9.78 Å². The van der Waals surface area contributed by atoms with Crippen molar-refractivity contribution >= 4 is 17.2 Å². The number of hydrogen-bond acceptors (Lipinski definition) is 5. The minimum Gasteiger partial charge on any atom is -0.346 e. The number of thiophene rings is 1. The quantitative estimate of drug-likeness (QED) is 0.828. The largest absolute Gasteiger partial charge is 0.346 e. The van der Waals surface area contributed by atoms with Crippen LogP contribution in [-0.4, -0.2) is 22.4 Å². The number of carbonyl (C=O) groups is 1. The van der Waals surface area contributed by atoms with E-state index >= 15 is 0 Å². The third-order valence-electron chi connectivity index (χ3n) is 2.49. The highest BCUT2D eigenvalue weighted by atomic mass is 32.1. The number of hydrogen-bond donors (Lipinski definition) is 2. The van der Waals surface area contributed by atoms with Crippen molar-refractivity contribution in [3.8, 4) is 11.8 Å². The summed E-state index contributed by atoms with van der Waals surface area (Å²) in [6, 6.07) is 1.92. The number of aromatic nitrogens is 2. The molecule has 0 unspecified atom stereocenters. The molecule has 0 aliphatic carbocycles. The zero-order chi connectivity index (χ0) is 14.4. The normalized spacial score (nSPS) is 9.70. The fourth-order valence-electron chi connectivity index (χ4n) is 1.50. The highest BCUT2D eigenvalue weighted by Gasteiger charge is 2.09. The van der Waals surface area contributed by atoms with Gasteiger partial charge in [-0.2, -0.15) is 0 Å². The Labute approximate surface area is 121 Å². The summed E-state index contributed by atoms with van der Waals surface area (Å²) < 4.78 is 0. The van der Waals surface area contributed by atoms with E-state index in [-0.39, 0.29) is 5.91 Å². The number of aryl methyl sites for hydroxylation is 1. The first-order valence-corrected chi connectivity index (χ1v) is 6.91. The number of carbonyl (C=O) groups excluding carboxylic acids is 1. The van der Waals surface area contributed by atoms with Gasteiger partial charge in [0.25, 0.3) is 5.91 Å². The van der Waals surface area contributed by atoms with Gasteiger partial charge in [-0.25, -0.2) is 4.98 Å². The van der Waals surface area contributed by atoms with Crippen molar-refractivity contribution in [2.24, 2.45) is 5.73 Å². The molecular weight excluding hydrogens is 272 g/mol. The lowest BCUT2D eigenvalue weighted by molar-refractivity contribution is 0.0946. The van der Waals surface area contributed by atoms with Crippen LogP contribution in [0.3, 0.4) is 0 Å². The van der Waals surface area contributed by atoms with Gasteiger partial charge in [0.15, 0.2) is 0 Å². The molecular formula is C14H14N4OS. The van der Waals surface area contributed by atoms with Crippen LogP contribution in [0.5, 0.6) is 0 Å². The number of nitrogens with one attached hydrogen (secondary N) is 1. The van der Waals surface area contributed by atoms with Crippen LogP contribution >= 0.6 is 11.3 Å². The maximum absolute atomic E-state index is 11.9. The Kier molecular flexibility index (Phi) is 4.82. The maximum Gasteiger partial charge on any atom is 0.271 e. The molecule has 0 spiro atoms. The molecule has 0 saturated heterocycles. The van der Waals surface area contributed by atoms with Crippen molar-refractivity contribution in [2.75, 3.05) is 6.54 Å². The van der Waals surface area contributed by atoms with E-state index in [1.54, 1.807) is 17.5 Å². The molecule has 2 aromatic heterocycles. The van der Waals surface area contributed by atoms with Crippen LogP contribution in [0.4, 0.5) is 0 Å². The SMILES string of the molecule is Cc1cnc(C(=O)NCc2sccc2C#CCN)cn1. The van der Waals surface area contributed by atoms with E-state index in [4.69, 9.17) is 5.73 Å². The molecule has 2 rings (SSSR count). The molecule has 0 saturated carbocycles. The molecule has 0 bridgehead atoms. The van der Waals surface area contributed by atoms with Crippen molar-refractivity contribution in [2.45, 2.75) is 13.5 Å². The molecule has 0 fully saturated rings. The van der Waals surface area contributed by atoms with E-state index in [0.717, 1.165) is 16.1 Å². The molecule has 0 atom stereocenters. The van der Waals surface area contributed by atoms with Gasteiger partial charge in [-0.05, 0) is 18.4 Å². The molecule has 5 nitrogen and oxygen atoms in total. The summed E-state index contributed by atoms with van der Waals surface area (Å²) in [6.07, 6.45) is 3.03. The minimum absolute atomic E-state index is 0.247. The highest BCUT2D eigenvalue weighted by molar-refractivity contribution is 7.10. The third-order valence-corrected chi connectivity index (χ3v) is 3.41. The molecule has 1 amide bonds. The van der Waals surface area contributed by atoms with Gasteiger partial charge in [-0.15, -0.1) is 11.3 Å². The molecule has 2 aromatic rings. The molecule has 102 valence electrons. The summed E-state index contributed by atoms with van der Waals surface area (Å²) in [7, 11) is 0. The number of amides is 1. The lowest BCUT2D eigenvalue weighted by Gasteiger charge is -2.03. The summed E-state index contributed by atoms with van der Waals surface area (Å²) in [5.41, 5.74) is 7.33. The first kappa shape index (κ1) is 14.2. The van der Waals surface area contributed by atoms with Gasteiger partial charge >= 0.3 is 0 Å². The fourth-order valence-corrected chi connectivity index (χ4v) is 2.27. The summed E-state index contributed by atoms with van der Waals surface area (Å²) in [5.74, 6) is 5.54. The third kappa shape index (κ3) is 3.63. The molecule has 0 aromatic carbocycles. The summed E-state index contributed by atoms with van der Waals surface area (Å²) >= 11 is 1.55. The first-order valence-electron chi connectivity index (χ1n) is 6.03.